The summed E-state index contributed by atoms with van der Waals surface area (Å²) in [6.45, 7) is 4.65. The number of carbonyl (C=O) groups is 1. The van der Waals surface area contributed by atoms with E-state index in [1.165, 1.54) is 12.8 Å². The van der Waals surface area contributed by atoms with Gasteiger partial charge in [-0.2, -0.15) is 0 Å². The van der Waals surface area contributed by atoms with Gasteiger partial charge >= 0.3 is 0 Å². The van der Waals surface area contributed by atoms with E-state index in [4.69, 9.17) is 0 Å². The van der Waals surface area contributed by atoms with Gasteiger partial charge in [0.25, 0.3) is 0 Å². The minimum absolute atomic E-state index is 0.110. The Kier molecular flexibility index (Phi) is 6.42. The normalized spacial score (nSPS) is 16.5. The molecule has 0 amide bonds. The van der Waals surface area contributed by atoms with Gasteiger partial charge in [0.05, 0.1) is 6.10 Å². The third-order valence-corrected chi connectivity index (χ3v) is 5.07. The van der Waals surface area contributed by atoms with E-state index in [0.29, 0.717) is 13.0 Å². The Morgan fingerprint density at radius 2 is 1.85 bits per heavy atom. The van der Waals surface area contributed by atoms with Crippen LogP contribution in [0.1, 0.15) is 48.2 Å². The van der Waals surface area contributed by atoms with E-state index in [0.717, 1.165) is 29.9 Å². The summed E-state index contributed by atoms with van der Waals surface area (Å²) in [4.78, 5) is 14.9. The van der Waals surface area contributed by atoms with Gasteiger partial charge in [-0.3, -0.25) is 4.79 Å². The van der Waals surface area contributed by atoms with E-state index in [-0.39, 0.29) is 11.8 Å². The first-order chi connectivity index (χ1) is 12.6. The minimum Gasteiger partial charge on any atom is -0.387 e. The van der Waals surface area contributed by atoms with Gasteiger partial charge in [-0.25, -0.2) is 0 Å². The molecule has 0 bridgehead atoms. The molecule has 1 aliphatic rings. The van der Waals surface area contributed by atoms with Gasteiger partial charge in [-0.1, -0.05) is 42.5 Å². The second-order valence-electron chi connectivity index (χ2n) is 7.02. The SMILES string of the molecule is CC(NCCC(=O)c1cccc(N2CCCC2)c1)C(O)c1ccccc1. The molecule has 1 aliphatic heterocycles. The highest BCUT2D eigenvalue weighted by atomic mass is 16.3. The van der Waals surface area contributed by atoms with Crippen LogP contribution in [0.3, 0.4) is 0 Å². The number of aliphatic hydroxyl groups excluding tert-OH is 1. The van der Waals surface area contributed by atoms with E-state index >= 15 is 0 Å². The number of aliphatic hydroxyl groups is 1. The average molecular weight is 352 g/mol. The van der Waals surface area contributed by atoms with Gasteiger partial charge in [-0.05, 0) is 37.5 Å². The van der Waals surface area contributed by atoms with Crippen molar-refractivity contribution in [3.8, 4) is 0 Å². The summed E-state index contributed by atoms with van der Waals surface area (Å²) in [6.07, 6.45) is 2.30. The van der Waals surface area contributed by atoms with Gasteiger partial charge in [0.2, 0.25) is 0 Å². The number of hydrogen-bond donors (Lipinski definition) is 2. The Morgan fingerprint density at radius 1 is 1.12 bits per heavy atom. The summed E-state index contributed by atoms with van der Waals surface area (Å²) >= 11 is 0. The second kappa shape index (κ2) is 8.97. The van der Waals surface area contributed by atoms with Crippen molar-refractivity contribution < 1.29 is 9.90 Å². The zero-order valence-corrected chi connectivity index (χ0v) is 15.4. The summed E-state index contributed by atoms with van der Waals surface area (Å²) in [7, 11) is 0. The number of benzene rings is 2. The molecule has 138 valence electrons. The van der Waals surface area contributed by atoms with Gasteiger partial charge < -0.3 is 15.3 Å². The molecule has 1 saturated heterocycles. The summed E-state index contributed by atoms with van der Waals surface area (Å²) < 4.78 is 0. The molecule has 2 unspecified atom stereocenters. The van der Waals surface area contributed by atoms with Crippen molar-refractivity contribution in [2.24, 2.45) is 0 Å². The number of carbonyl (C=O) groups excluding carboxylic acids is 1. The third-order valence-electron chi connectivity index (χ3n) is 5.07. The molecule has 0 saturated carbocycles. The van der Waals surface area contributed by atoms with E-state index in [1.807, 2.05) is 55.5 Å². The largest absolute Gasteiger partial charge is 0.387 e. The van der Waals surface area contributed by atoms with Crippen LogP contribution in [0.25, 0.3) is 0 Å². The molecule has 2 atom stereocenters. The fourth-order valence-electron chi connectivity index (χ4n) is 3.46. The predicted molar refractivity (Wildman–Crippen MR) is 106 cm³/mol. The molecule has 4 heteroatoms. The third kappa shape index (κ3) is 4.71. The number of Topliss-reactive ketones (excluding diaryl/α,β-unsaturated/α-hetero) is 1. The van der Waals surface area contributed by atoms with E-state index in [2.05, 4.69) is 16.3 Å². The van der Waals surface area contributed by atoms with Crippen LogP contribution in [-0.2, 0) is 0 Å². The van der Waals surface area contributed by atoms with Gasteiger partial charge in [0.1, 0.15) is 0 Å². The summed E-state index contributed by atoms with van der Waals surface area (Å²) in [5.74, 6) is 0.139. The highest BCUT2D eigenvalue weighted by Gasteiger charge is 2.17. The van der Waals surface area contributed by atoms with Crippen LogP contribution in [0, 0.1) is 0 Å². The minimum atomic E-state index is -0.579. The molecule has 0 spiro atoms. The van der Waals surface area contributed by atoms with Crippen molar-refractivity contribution in [3.05, 3.63) is 65.7 Å². The Labute approximate surface area is 155 Å². The number of nitrogens with zero attached hydrogens (tertiary/aromatic N) is 1. The van der Waals surface area contributed by atoms with Crippen LogP contribution in [-0.4, -0.2) is 36.6 Å². The predicted octanol–water partition coefficient (Wildman–Crippen LogP) is 3.57. The molecule has 0 aliphatic carbocycles. The molecule has 26 heavy (non-hydrogen) atoms. The van der Waals surface area contributed by atoms with E-state index in [1.54, 1.807) is 0 Å². The molecule has 2 N–H and O–H groups in total. The summed E-state index contributed by atoms with van der Waals surface area (Å²) in [5.41, 5.74) is 2.80. The van der Waals surface area contributed by atoms with Crippen molar-refractivity contribution in [2.75, 3.05) is 24.5 Å². The molecular formula is C22H28N2O2. The van der Waals surface area contributed by atoms with Crippen LogP contribution < -0.4 is 10.2 Å². The van der Waals surface area contributed by atoms with Crippen LogP contribution in [0.4, 0.5) is 5.69 Å². The molecule has 2 aromatic carbocycles. The average Bonchev–Trinajstić information content (AvgIpc) is 3.23. The van der Waals surface area contributed by atoms with Crippen LogP contribution in [0.5, 0.6) is 0 Å². The Hall–Kier alpha value is -2.17. The quantitative estimate of drug-likeness (QED) is 0.713. The van der Waals surface area contributed by atoms with Crippen LogP contribution >= 0.6 is 0 Å². The standard InChI is InChI=1S/C22H28N2O2/c1-17(22(26)18-8-3-2-4-9-18)23-13-12-21(25)19-10-7-11-20(16-19)24-14-5-6-15-24/h2-4,7-11,16-17,22-23,26H,5-6,12-15H2,1H3. The molecular weight excluding hydrogens is 324 g/mol. The smallest absolute Gasteiger partial charge is 0.164 e. The molecule has 1 heterocycles. The number of ketones is 1. The Morgan fingerprint density at radius 3 is 2.58 bits per heavy atom. The maximum Gasteiger partial charge on any atom is 0.164 e. The van der Waals surface area contributed by atoms with Crippen molar-refractivity contribution in [3.63, 3.8) is 0 Å². The molecule has 1 fully saturated rings. The fourth-order valence-corrected chi connectivity index (χ4v) is 3.46. The molecule has 3 rings (SSSR count). The molecule has 0 radical (unpaired) electrons. The summed E-state index contributed by atoms with van der Waals surface area (Å²) in [5, 5.41) is 13.6. The first-order valence-corrected chi connectivity index (χ1v) is 9.50. The van der Waals surface area contributed by atoms with Crippen molar-refractivity contribution in [1.29, 1.82) is 0 Å². The lowest BCUT2D eigenvalue weighted by Gasteiger charge is -2.21. The second-order valence-corrected chi connectivity index (χ2v) is 7.02. The molecule has 0 aromatic heterocycles. The number of rotatable bonds is 8. The molecule has 2 aromatic rings. The maximum atomic E-state index is 12.5. The highest BCUT2D eigenvalue weighted by Crippen LogP contribution is 2.22. The topological polar surface area (TPSA) is 52.6 Å². The van der Waals surface area contributed by atoms with Gasteiger partial charge in [0, 0.05) is 43.3 Å². The Balaban J connectivity index is 1.50. The van der Waals surface area contributed by atoms with Crippen LogP contribution in [0.15, 0.2) is 54.6 Å². The number of anilines is 1. The lowest BCUT2D eigenvalue weighted by atomic mass is 10.0. The zero-order valence-electron chi connectivity index (χ0n) is 15.4. The van der Waals surface area contributed by atoms with Gasteiger partial charge in [0.15, 0.2) is 5.78 Å². The lowest BCUT2D eigenvalue weighted by Crippen LogP contribution is -2.33. The Bertz CT molecular complexity index is 711. The highest BCUT2D eigenvalue weighted by molar-refractivity contribution is 5.97. The van der Waals surface area contributed by atoms with Crippen molar-refractivity contribution >= 4 is 11.5 Å². The van der Waals surface area contributed by atoms with E-state index in [9.17, 15) is 9.90 Å². The van der Waals surface area contributed by atoms with Crippen molar-refractivity contribution in [2.45, 2.75) is 38.3 Å². The zero-order chi connectivity index (χ0) is 18.4. The van der Waals surface area contributed by atoms with E-state index < -0.39 is 6.10 Å². The number of nitrogens with one attached hydrogen (secondary N) is 1. The monoisotopic (exact) mass is 352 g/mol. The van der Waals surface area contributed by atoms with Gasteiger partial charge in [-0.15, -0.1) is 0 Å². The van der Waals surface area contributed by atoms with Crippen molar-refractivity contribution in [1.82, 2.24) is 5.32 Å². The first-order valence-electron chi connectivity index (χ1n) is 9.50. The molecule has 4 nitrogen and oxygen atoms in total. The maximum absolute atomic E-state index is 12.5. The first kappa shape index (κ1) is 18.6. The van der Waals surface area contributed by atoms with Crippen LogP contribution in [0.2, 0.25) is 0 Å². The lowest BCUT2D eigenvalue weighted by molar-refractivity contribution is 0.0972. The summed E-state index contributed by atoms with van der Waals surface area (Å²) in [6, 6.07) is 17.4. The fraction of sp³-hybridized carbons (Fsp3) is 0.409. The number of hydrogen-bond acceptors (Lipinski definition) is 4.